The zero-order valence-corrected chi connectivity index (χ0v) is 12.8. The summed E-state index contributed by atoms with van der Waals surface area (Å²) in [5.41, 5.74) is 1.89. The van der Waals surface area contributed by atoms with Gasteiger partial charge in [0, 0.05) is 29.9 Å². The van der Waals surface area contributed by atoms with Gasteiger partial charge in [0.25, 0.3) is 0 Å². The van der Waals surface area contributed by atoms with Crippen molar-refractivity contribution < 1.29 is 0 Å². The zero-order chi connectivity index (χ0) is 15.2. The topological polar surface area (TPSA) is 50.7 Å². The standard InChI is InChI=1S/C18H20N4/c1-2-3-6-12-20-18-15-9-4-5-10-16(15)21-17(22-18)14-8-7-11-19-13-14/h4-5,7-11,13H,2-3,6,12H2,1H3,(H,20,21,22). The highest BCUT2D eigenvalue weighted by molar-refractivity contribution is 5.90. The van der Waals surface area contributed by atoms with E-state index in [4.69, 9.17) is 4.98 Å². The average molecular weight is 292 g/mol. The molecular formula is C18H20N4. The molecule has 3 aromatic rings. The smallest absolute Gasteiger partial charge is 0.163 e. The molecule has 0 aliphatic heterocycles. The molecule has 3 rings (SSSR count). The Bertz CT molecular complexity index is 740. The molecule has 0 spiro atoms. The number of benzene rings is 1. The molecule has 0 amide bonds. The van der Waals surface area contributed by atoms with Gasteiger partial charge in [0.15, 0.2) is 5.82 Å². The van der Waals surface area contributed by atoms with E-state index in [0.29, 0.717) is 5.82 Å². The minimum atomic E-state index is 0.713. The van der Waals surface area contributed by atoms with Crippen LogP contribution in [0.4, 0.5) is 5.82 Å². The van der Waals surface area contributed by atoms with Crippen molar-refractivity contribution in [3.05, 3.63) is 48.8 Å². The lowest BCUT2D eigenvalue weighted by Gasteiger charge is -2.10. The number of rotatable bonds is 6. The number of hydrogen-bond acceptors (Lipinski definition) is 4. The summed E-state index contributed by atoms with van der Waals surface area (Å²) in [5, 5.41) is 4.52. The van der Waals surface area contributed by atoms with Crippen molar-refractivity contribution >= 4 is 16.7 Å². The van der Waals surface area contributed by atoms with Gasteiger partial charge < -0.3 is 5.32 Å². The number of fused-ring (bicyclic) bond motifs is 1. The van der Waals surface area contributed by atoms with E-state index in [1.54, 1.807) is 12.4 Å². The fraction of sp³-hybridized carbons (Fsp3) is 0.278. The first kappa shape index (κ1) is 14.4. The quantitative estimate of drug-likeness (QED) is 0.688. The van der Waals surface area contributed by atoms with Crippen LogP contribution in [0.1, 0.15) is 26.2 Å². The van der Waals surface area contributed by atoms with E-state index in [2.05, 4.69) is 28.3 Å². The summed E-state index contributed by atoms with van der Waals surface area (Å²) in [4.78, 5) is 13.5. The van der Waals surface area contributed by atoms with Gasteiger partial charge in [-0.3, -0.25) is 4.98 Å². The molecule has 2 heterocycles. The molecule has 4 nitrogen and oxygen atoms in total. The highest BCUT2D eigenvalue weighted by Crippen LogP contribution is 2.24. The van der Waals surface area contributed by atoms with Gasteiger partial charge in [-0.05, 0) is 30.7 Å². The van der Waals surface area contributed by atoms with E-state index < -0.39 is 0 Å². The van der Waals surface area contributed by atoms with Gasteiger partial charge in [0.1, 0.15) is 5.82 Å². The molecule has 0 bridgehead atoms. The van der Waals surface area contributed by atoms with Crippen LogP contribution in [0.2, 0.25) is 0 Å². The summed E-state index contributed by atoms with van der Waals surface area (Å²) in [5.74, 6) is 1.62. The van der Waals surface area contributed by atoms with Crippen LogP contribution in [-0.4, -0.2) is 21.5 Å². The van der Waals surface area contributed by atoms with E-state index in [-0.39, 0.29) is 0 Å². The lowest BCUT2D eigenvalue weighted by Crippen LogP contribution is -2.05. The van der Waals surface area contributed by atoms with Gasteiger partial charge >= 0.3 is 0 Å². The molecule has 0 saturated heterocycles. The summed E-state index contributed by atoms with van der Waals surface area (Å²) >= 11 is 0. The number of nitrogens with zero attached hydrogens (tertiary/aromatic N) is 3. The summed E-state index contributed by atoms with van der Waals surface area (Å²) in [6.45, 7) is 3.14. The maximum Gasteiger partial charge on any atom is 0.163 e. The first-order valence-corrected chi connectivity index (χ1v) is 7.79. The lowest BCUT2D eigenvalue weighted by molar-refractivity contribution is 0.743. The largest absolute Gasteiger partial charge is 0.369 e. The van der Waals surface area contributed by atoms with Gasteiger partial charge in [0.05, 0.1) is 5.52 Å². The molecule has 1 N–H and O–H groups in total. The van der Waals surface area contributed by atoms with Crippen molar-refractivity contribution in [1.82, 2.24) is 15.0 Å². The van der Waals surface area contributed by atoms with Gasteiger partial charge in [-0.15, -0.1) is 0 Å². The van der Waals surface area contributed by atoms with Crippen molar-refractivity contribution in [1.29, 1.82) is 0 Å². The monoisotopic (exact) mass is 292 g/mol. The fourth-order valence-corrected chi connectivity index (χ4v) is 2.42. The van der Waals surface area contributed by atoms with Crippen LogP contribution in [-0.2, 0) is 0 Å². The fourth-order valence-electron chi connectivity index (χ4n) is 2.42. The zero-order valence-electron chi connectivity index (χ0n) is 12.8. The van der Waals surface area contributed by atoms with Gasteiger partial charge in [-0.1, -0.05) is 31.9 Å². The van der Waals surface area contributed by atoms with Gasteiger partial charge in [0.2, 0.25) is 0 Å². The number of anilines is 1. The summed E-state index contributed by atoms with van der Waals surface area (Å²) < 4.78 is 0. The highest BCUT2D eigenvalue weighted by atomic mass is 15.0. The van der Waals surface area contributed by atoms with Crippen LogP contribution < -0.4 is 5.32 Å². The van der Waals surface area contributed by atoms with Crippen LogP contribution in [0.3, 0.4) is 0 Å². The number of nitrogens with one attached hydrogen (secondary N) is 1. The summed E-state index contributed by atoms with van der Waals surface area (Å²) in [6.07, 6.45) is 7.15. The molecule has 0 saturated carbocycles. The molecule has 0 atom stereocenters. The van der Waals surface area contributed by atoms with Crippen molar-refractivity contribution in [2.75, 3.05) is 11.9 Å². The van der Waals surface area contributed by atoms with E-state index in [0.717, 1.165) is 35.2 Å². The summed E-state index contributed by atoms with van der Waals surface area (Å²) in [6, 6.07) is 12.0. The SMILES string of the molecule is CCCCCNc1nc(-c2cccnc2)nc2ccccc12. The molecule has 0 unspecified atom stereocenters. The molecular weight excluding hydrogens is 272 g/mol. The minimum Gasteiger partial charge on any atom is -0.369 e. The van der Waals surface area contributed by atoms with Crippen LogP contribution >= 0.6 is 0 Å². The minimum absolute atomic E-state index is 0.713. The number of pyridine rings is 1. The summed E-state index contributed by atoms with van der Waals surface area (Å²) in [7, 11) is 0. The first-order valence-electron chi connectivity index (χ1n) is 7.79. The molecule has 0 aliphatic carbocycles. The molecule has 112 valence electrons. The number of para-hydroxylation sites is 1. The average Bonchev–Trinajstić information content (AvgIpc) is 2.59. The van der Waals surface area contributed by atoms with E-state index >= 15 is 0 Å². The van der Waals surface area contributed by atoms with Crippen LogP contribution in [0, 0.1) is 0 Å². The third kappa shape index (κ3) is 3.22. The van der Waals surface area contributed by atoms with Crippen LogP contribution in [0.5, 0.6) is 0 Å². The first-order chi connectivity index (χ1) is 10.9. The molecule has 0 radical (unpaired) electrons. The van der Waals surface area contributed by atoms with Gasteiger partial charge in [-0.2, -0.15) is 0 Å². The Morgan fingerprint density at radius 1 is 1.00 bits per heavy atom. The Balaban J connectivity index is 1.97. The predicted molar refractivity (Wildman–Crippen MR) is 90.8 cm³/mol. The van der Waals surface area contributed by atoms with Crippen molar-refractivity contribution in [3.63, 3.8) is 0 Å². The second-order valence-corrected chi connectivity index (χ2v) is 5.29. The van der Waals surface area contributed by atoms with Crippen LogP contribution in [0.25, 0.3) is 22.3 Å². The third-order valence-electron chi connectivity index (χ3n) is 3.60. The predicted octanol–water partition coefficient (Wildman–Crippen LogP) is 4.29. The van der Waals surface area contributed by atoms with Crippen molar-refractivity contribution in [2.24, 2.45) is 0 Å². The molecule has 4 heteroatoms. The second-order valence-electron chi connectivity index (χ2n) is 5.29. The van der Waals surface area contributed by atoms with Gasteiger partial charge in [-0.25, -0.2) is 9.97 Å². The Morgan fingerprint density at radius 2 is 1.91 bits per heavy atom. The molecule has 2 aromatic heterocycles. The lowest BCUT2D eigenvalue weighted by atomic mass is 10.2. The second kappa shape index (κ2) is 6.98. The van der Waals surface area contributed by atoms with Crippen molar-refractivity contribution in [3.8, 4) is 11.4 Å². The Morgan fingerprint density at radius 3 is 2.73 bits per heavy atom. The van der Waals surface area contributed by atoms with E-state index in [1.807, 2.05) is 30.3 Å². The number of aromatic nitrogens is 3. The third-order valence-corrected chi connectivity index (χ3v) is 3.60. The Hall–Kier alpha value is -2.49. The maximum absolute atomic E-state index is 4.71. The number of hydrogen-bond donors (Lipinski definition) is 1. The molecule has 1 aromatic carbocycles. The normalized spacial score (nSPS) is 10.8. The highest BCUT2D eigenvalue weighted by Gasteiger charge is 2.08. The Kier molecular flexibility index (Phi) is 4.59. The van der Waals surface area contributed by atoms with E-state index in [1.165, 1.54) is 12.8 Å². The van der Waals surface area contributed by atoms with Crippen LogP contribution in [0.15, 0.2) is 48.8 Å². The van der Waals surface area contributed by atoms with E-state index in [9.17, 15) is 0 Å². The Labute approximate surface area is 130 Å². The van der Waals surface area contributed by atoms with Crippen molar-refractivity contribution in [2.45, 2.75) is 26.2 Å². The molecule has 0 aliphatic rings. The molecule has 0 fully saturated rings. The number of unbranched alkanes of at least 4 members (excludes halogenated alkanes) is 2. The maximum atomic E-state index is 4.71. The molecule has 22 heavy (non-hydrogen) atoms.